The van der Waals surface area contributed by atoms with E-state index >= 15 is 0 Å². The fraction of sp³-hybridized carbons (Fsp3) is 0.913. The van der Waals surface area contributed by atoms with Gasteiger partial charge in [-0.25, -0.2) is 18.0 Å². The number of aliphatic hydroxyl groups is 13. The number of rotatable bonds is 28. The molecule has 0 aliphatic carbocycles. The summed E-state index contributed by atoms with van der Waals surface area (Å²) in [6, 6.07) is 0. The molecule has 488 valence electrons. The molecule has 6 rings (SSSR count). The van der Waals surface area contributed by atoms with Crippen molar-refractivity contribution in [3.63, 3.8) is 0 Å². The van der Waals surface area contributed by atoms with Crippen molar-refractivity contribution < 1.29 is 173 Å². The van der Waals surface area contributed by atoms with E-state index in [1.807, 2.05) is 0 Å². The lowest BCUT2D eigenvalue weighted by Gasteiger charge is -2.45. The molecule has 5 saturated heterocycles. The molecular weight excluding hydrogens is 1190 g/mol. The largest absolute Gasteiger partial charge is 0.479 e. The highest BCUT2D eigenvalue weighted by atomic mass is 32.3. The third-order valence-corrected chi connectivity index (χ3v) is 16.5. The quantitative estimate of drug-likeness (QED) is 0.0324. The van der Waals surface area contributed by atoms with Crippen LogP contribution >= 0.6 is 0 Å². The van der Waals surface area contributed by atoms with Crippen LogP contribution in [0.3, 0.4) is 0 Å². The van der Waals surface area contributed by atoms with E-state index in [0.29, 0.717) is 0 Å². The minimum atomic E-state index is -5.19. The van der Waals surface area contributed by atoms with E-state index in [9.17, 15) is 108 Å². The molecule has 0 radical (unpaired) electrons. The molecule has 0 amide bonds. The molecule has 0 aromatic carbocycles. The van der Waals surface area contributed by atoms with E-state index in [0.717, 1.165) is 6.08 Å². The first kappa shape index (κ1) is 70.4. The van der Waals surface area contributed by atoms with Gasteiger partial charge in [0.1, 0.15) is 85.5 Å². The van der Waals surface area contributed by atoms with Crippen molar-refractivity contribution >= 4 is 32.7 Å². The number of hydrogen-bond acceptors (Lipinski definition) is 32. The molecule has 5 fully saturated rings. The molecule has 6 aliphatic rings. The number of aliphatic carboxylic acids is 2. The smallest absolute Gasteiger partial charge is 0.397 e. The Morgan fingerprint density at radius 1 is 0.440 bits per heavy atom. The lowest BCUT2D eigenvalue weighted by Crippen LogP contribution is -2.60. The second-order valence-corrected chi connectivity index (χ2v) is 23.3. The van der Waals surface area contributed by atoms with Gasteiger partial charge in [-0.3, -0.25) is 9.11 Å². The molecule has 12 unspecified atom stereocenters. The molecule has 38 heteroatoms. The topological polar surface area (TPSA) is 566 Å². The van der Waals surface area contributed by atoms with Crippen molar-refractivity contribution in [3.8, 4) is 0 Å². The van der Waals surface area contributed by atoms with Crippen LogP contribution in [0.2, 0.25) is 0 Å². The van der Waals surface area contributed by atoms with Gasteiger partial charge < -0.3 is 129 Å². The minimum absolute atomic E-state index is 0.482. The van der Waals surface area contributed by atoms with Crippen LogP contribution in [-0.2, 0) is 90.9 Å². The second-order valence-electron chi connectivity index (χ2n) is 21.2. The average Bonchev–Trinajstić information content (AvgIpc) is 2.82. The normalized spacial score (nSPS) is 43.3. The van der Waals surface area contributed by atoms with Crippen LogP contribution in [0, 0.1) is 29.6 Å². The van der Waals surface area contributed by atoms with Gasteiger partial charge in [-0.2, -0.15) is 16.8 Å². The fourth-order valence-corrected chi connectivity index (χ4v) is 11.9. The number of carbonyl (C=O) groups is 2. The SMILES string of the molecule is CC1O[C@@H](COC[C@@H]2C(COC[C@@H]3OC(C(=O)O)[C@H](COC[C@@H]4OC(CO)[C@H](O)[C@H](COC[C@@H]5OC(C)[C@H](O)[C@H](OS(=O)(=O)O)C5O)C4COC[C@@H]4OC(C(=O)O)=C[C@H](O)C4O)[C@H](O)C3O)C(O)OC(CO)[C@@H]2O)C(O)[C@@H](OS(=O)(=O)O)[C@H]1O. The van der Waals surface area contributed by atoms with Crippen LogP contribution in [0.25, 0.3) is 0 Å². The van der Waals surface area contributed by atoms with E-state index in [1.54, 1.807) is 0 Å². The molecular formula is C46H76O36S2. The molecule has 6 aliphatic heterocycles. The summed E-state index contributed by atoms with van der Waals surface area (Å²) in [5.74, 6) is -10.1. The minimum Gasteiger partial charge on any atom is -0.479 e. The molecule has 0 saturated carbocycles. The molecule has 0 aromatic rings. The summed E-state index contributed by atoms with van der Waals surface area (Å²) in [6.45, 7) is -4.67. The third kappa shape index (κ3) is 17.8. The van der Waals surface area contributed by atoms with E-state index in [4.69, 9.17) is 56.7 Å². The predicted octanol–water partition coefficient (Wildman–Crippen LogP) is -9.60. The predicted molar refractivity (Wildman–Crippen MR) is 264 cm³/mol. The highest BCUT2D eigenvalue weighted by molar-refractivity contribution is 7.81. The van der Waals surface area contributed by atoms with Crippen LogP contribution in [0.5, 0.6) is 0 Å². The molecule has 17 N–H and O–H groups in total. The maximum Gasteiger partial charge on any atom is 0.397 e. The number of ether oxygens (including phenoxy) is 11. The summed E-state index contributed by atoms with van der Waals surface area (Å²) in [5.41, 5.74) is 0. The van der Waals surface area contributed by atoms with Crippen molar-refractivity contribution in [1.82, 2.24) is 0 Å². The summed E-state index contributed by atoms with van der Waals surface area (Å²) in [4.78, 5) is 24.4. The van der Waals surface area contributed by atoms with E-state index in [1.165, 1.54) is 13.8 Å². The molecule has 0 bridgehead atoms. The molecule has 0 aromatic heterocycles. The fourth-order valence-electron chi connectivity index (χ4n) is 10.9. The van der Waals surface area contributed by atoms with Gasteiger partial charge in [-0.1, -0.05) is 0 Å². The van der Waals surface area contributed by atoms with Gasteiger partial charge >= 0.3 is 32.7 Å². The standard InChI is InChI=1S/C46H76O36S2/c1-16-32(50)42(81-83(64,65)66)39(57)30(75-16)14-71-7-19-18(6-70-12-28-37(55)23(49)3-24(77-28)44(59)60)27(78-25(4-47)34(19)52)11-74-10-22-36(54)38(56)29(79-41(22)45(61)62)13-73-9-21-20(35(53)26(5-48)80-46(21)63)8-72-15-31-40(58)43(82-84(67,68)69)33(51)17(2)76-31/h3,16-23,25-43,46-58,63H,4-15H2,1-2H3,(H,59,60)(H,61,62)(H,64,65,66)(H,67,68,69)/t16?,17?,18?,19-,20-,21?,22-,23+,25?,26?,27+,28+,29+,30+,31+,32+,33+,34-,35-,36+,37?,38?,39?,40?,41?,42+,43+,46?/m1/s1. The lowest BCUT2D eigenvalue weighted by atomic mass is 9.79. The summed E-state index contributed by atoms with van der Waals surface area (Å²) in [5, 5.41) is 159. The Balaban J connectivity index is 1.10. The van der Waals surface area contributed by atoms with Gasteiger partial charge in [0.2, 0.25) is 5.76 Å². The van der Waals surface area contributed by atoms with Gasteiger partial charge in [-0.15, -0.1) is 0 Å². The first-order valence-electron chi connectivity index (χ1n) is 26.4. The van der Waals surface area contributed by atoms with Crippen LogP contribution in [0.4, 0.5) is 0 Å². The third-order valence-electron chi connectivity index (χ3n) is 15.5. The average molecular weight is 1270 g/mol. The Kier molecular flexibility index (Phi) is 25.7. The van der Waals surface area contributed by atoms with Gasteiger partial charge in [0.05, 0.1) is 116 Å². The first-order valence-corrected chi connectivity index (χ1v) is 29.1. The summed E-state index contributed by atoms with van der Waals surface area (Å²) < 4.78 is 136. The number of carboxylic acid groups (broad SMARTS) is 2. The van der Waals surface area contributed by atoms with Crippen LogP contribution in [-0.4, -0.2) is 334 Å². The van der Waals surface area contributed by atoms with Gasteiger partial charge in [0.25, 0.3) is 0 Å². The molecule has 28 atom stereocenters. The molecule has 36 nitrogen and oxygen atoms in total. The van der Waals surface area contributed by atoms with Crippen LogP contribution < -0.4 is 0 Å². The Hall–Kier alpha value is -2.70. The molecule has 0 spiro atoms. The lowest BCUT2D eigenvalue weighted by molar-refractivity contribution is -0.275. The summed E-state index contributed by atoms with van der Waals surface area (Å²) in [6.07, 6.45) is -36.6. The van der Waals surface area contributed by atoms with Gasteiger partial charge in [0, 0.05) is 29.6 Å². The van der Waals surface area contributed by atoms with Crippen LogP contribution in [0.15, 0.2) is 11.8 Å². The second kappa shape index (κ2) is 30.7. The van der Waals surface area contributed by atoms with Crippen molar-refractivity contribution in [1.29, 1.82) is 0 Å². The Morgan fingerprint density at radius 3 is 1.30 bits per heavy atom. The monoisotopic (exact) mass is 1270 g/mol. The first-order chi connectivity index (χ1) is 39.4. The number of aliphatic hydroxyl groups excluding tert-OH is 13. The highest BCUT2D eigenvalue weighted by Crippen LogP contribution is 2.37. The Labute approximate surface area is 479 Å². The number of hydrogen-bond donors (Lipinski definition) is 17. The zero-order valence-corrected chi connectivity index (χ0v) is 46.5. The molecule has 84 heavy (non-hydrogen) atoms. The Morgan fingerprint density at radius 2 is 0.845 bits per heavy atom. The molecule has 6 heterocycles. The van der Waals surface area contributed by atoms with Crippen molar-refractivity contribution in [3.05, 3.63) is 11.8 Å². The number of carboxylic acids is 2. The van der Waals surface area contributed by atoms with Crippen molar-refractivity contribution in [2.24, 2.45) is 29.6 Å². The van der Waals surface area contributed by atoms with E-state index < -0.39 is 288 Å². The van der Waals surface area contributed by atoms with E-state index in [-0.39, 0.29) is 0 Å². The highest BCUT2D eigenvalue weighted by Gasteiger charge is 2.52. The maximum atomic E-state index is 12.7. The van der Waals surface area contributed by atoms with Gasteiger partial charge in [-0.05, 0) is 19.9 Å². The summed E-state index contributed by atoms with van der Waals surface area (Å²) >= 11 is 0. The van der Waals surface area contributed by atoms with Crippen molar-refractivity contribution in [2.45, 2.75) is 154 Å². The Bertz CT molecular complexity index is 2350. The van der Waals surface area contributed by atoms with Crippen molar-refractivity contribution in [2.75, 3.05) is 79.3 Å². The van der Waals surface area contributed by atoms with E-state index in [2.05, 4.69) is 8.37 Å². The van der Waals surface area contributed by atoms with Crippen LogP contribution in [0.1, 0.15) is 13.8 Å². The summed E-state index contributed by atoms with van der Waals surface area (Å²) in [7, 11) is -10.3. The van der Waals surface area contributed by atoms with Gasteiger partial charge in [0.15, 0.2) is 18.5 Å². The maximum absolute atomic E-state index is 12.7. The zero-order chi connectivity index (χ0) is 62.3. The zero-order valence-electron chi connectivity index (χ0n) is 44.9.